The highest BCUT2D eigenvalue weighted by molar-refractivity contribution is 5.77. The van der Waals surface area contributed by atoms with Gasteiger partial charge in [0.2, 0.25) is 0 Å². The van der Waals surface area contributed by atoms with Gasteiger partial charge in [-0.3, -0.25) is 4.98 Å². The van der Waals surface area contributed by atoms with E-state index in [9.17, 15) is 8.78 Å². The van der Waals surface area contributed by atoms with Crippen molar-refractivity contribution in [3.63, 3.8) is 0 Å². The molecule has 29 heavy (non-hydrogen) atoms. The fourth-order valence-corrected chi connectivity index (χ4v) is 3.57. The number of hydrogen-bond acceptors (Lipinski definition) is 3. The van der Waals surface area contributed by atoms with Gasteiger partial charge in [0.25, 0.3) is 0 Å². The van der Waals surface area contributed by atoms with Gasteiger partial charge < -0.3 is 9.30 Å². The fraction of sp³-hybridized carbons (Fsp3) is 0.217. The molecule has 0 bridgehead atoms. The number of imidazole rings is 1. The molecule has 6 heteroatoms. The Labute approximate surface area is 167 Å². The lowest BCUT2D eigenvalue weighted by atomic mass is 10.0. The quantitative estimate of drug-likeness (QED) is 0.447. The average Bonchev–Trinajstić information content (AvgIpc) is 2.97. The molecule has 0 saturated heterocycles. The highest BCUT2D eigenvalue weighted by atomic mass is 19.3. The summed E-state index contributed by atoms with van der Waals surface area (Å²) in [4.78, 5) is 8.92. The van der Waals surface area contributed by atoms with Crippen LogP contribution in [0.1, 0.15) is 28.2 Å². The van der Waals surface area contributed by atoms with E-state index in [0.717, 1.165) is 34.5 Å². The summed E-state index contributed by atoms with van der Waals surface area (Å²) >= 11 is 0. The number of nitrogens with zero attached hydrogens (tertiary/aromatic N) is 3. The van der Waals surface area contributed by atoms with E-state index in [1.807, 2.05) is 42.8 Å². The van der Waals surface area contributed by atoms with E-state index in [2.05, 4.69) is 32.9 Å². The van der Waals surface area contributed by atoms with Crippen LogP contribution in [-0.2, 0) is 13.0 Å². The summed E-state index contributed by atoms with van der Waals surface area (Å²) in [7, 11) is 0. The summed E-state index contributed by atoms with van der Waals surface area (Å²) in [6.07, 6.45) is 2.62. The van der Waals surface area contributed by atoms with Crippen LogP contribution >= 0.6 is 0 Å². The Hall–Kier alpha value is -3.28. The molecule has 0 saturated carbocycles. The van der Waals surface area contributed by atoms with Crippen molar-refractivity contribution < 1.29 is 13.5 Å². The van der Waals surface area contributed by atoms with E-state index in [-0.39, 0.29) is 5.75 Å². The van der Waals surface area contributed by atoms with Crippen molar-refractivity contribution in [2.75, 3.05) is 0 Å². The van der Waals surface area contributed by atoms with Crippen LogP contribution in [0, 0.1) is 13.8 Å². The first kappa shape index (κ1) is 19.1. The predicted molar refractivity (Wildman–Crippen MR) is 108 cm³/mol. The van der Waals surface area contributed by atoms with Gasteiger partial charge in [-0.1, -0.05) is 24.3 Å². The van der Waals surface area contributed by atoms with Crippen LogP contribution in [0.3, 0.4) is 0 Å². The molecule has 0 radical (unpaired) electrons. The number of pyridine rings is 1. The third kappa shape index (κ3) is 4.26. The molecule has 0 aliphatic heterocycles. The third-order valence-corrected chi connectivity index (χ3v) is 4.89. The highest BCUT2D eigenvalue weighted by Crippen LogP contribution is 2.25. The lowest BCUT2D eigenvalue weighted by Gasteiger charge is -2.13. The first-order valence-corrected chi connectivity index (χ1v) is 9.39. The number of fused-ring (bicyclic) bond motifs is 1. The summed E-state index contributed by atoms with van der Waals surface area (Å²) < 4.78 is 32.1. The molecular weight excluding hydrogens is 372 g/mol. The summed E-state index contributed by atoms with van der Waals surface area (Å²) in [5.74, 6) is 1.01. The number of hydrogen-bond donors (Lipinski definition) is 0. The van der Waals surface area contributed by atoms with Gasteiger partial charge >= 0.3 is 6.61 Å². The number of aryl methyl sites for hydroxylation is 2. The Morgan fingerprint density at radius 1 is 1.00 bits per heavy atom. The van der Waals surface area contributed by atoms with Crippen molar-refractivity contribution >= 4 is 11.0 Å². The van der Waals surface area contributed by atoms with Gasteiger partial charge in [0, 0.05) is 17.5 Å². The molecule has 4 rings (SSSR count). The normalized spacial score (nSPS) is 11.3. The largest absolute Gasteiger partial charge is 0.434 e. The van der Waals surface area contributed by atoms with Crippen LogP contribution in [0.15, 0.2) is 60.8 Å². The maximum atomic E-state index is 12.7. The standard InChI is InChI=1S/C23H21F2N3O/c1-15-11-18(9-10-26-15)12-17-7-8-21-20(13-17)27-16(2)28(21)14-19-5-3-4-6-22(19)29-23(24)25/h3-11,13,23H,12,14H2,1-2H3. The van der Waals surface area contributed by atoms with Crippen LogP contribution in [-0.4, -0.2) is 21.1 Å². The summed E-state index contributed by atoms with van der Waals surface area (Å²) in [5.41, 5.74) is 5.89. The number of benzene rings is 2. The predicted octanol–water partition coefficient (Wildman–Crippen LogP) is 5.29. The topological polar surface area (TPSA) is 39.9 Å². The number of rotatable bonds is 6. The molecule has 2 aromatic carbocycles. The van der Waals surface area contributed by atoms with Gasteiger partial charge in [-0.05, 0) is 61.7 Å². The monoisotopic (exact) mass is 393 g/mol. The summed E-state index contributed by atoms with van der Waals surface area (Å²) in [6.45, 7) is 1.46. The molecule has 0 N–H and O–H groups in total. The van der Waals surface area contributed by atoms with E-state index in [0.29, 0.717) is 12.1 Å². The number of aromatic nitrogens is 3. The van der Waals surface area contributed by atoms with E-state index >= 15 is 0 Å². The second-order valence-corrected chi connectivity index (χ2v) is 7.04. The Balaban J connectivity index is 1.64. The average molecular weight is 393 g/mol. The maximum Gasteiger partial charge on any atom is 0.387 e. The van der Waals surface area contributed by atoms with Crippen LogP contribution < -0.4 is 4.74 Å². The zero-order valence-electron chi connectivity index (χ0n) is 16.3. The Morgan fingerprint density at radius 2 is 1.79 bits per heavy atom. The number of halogens is 2. The molecule has 4 aromatic rings. The Morgan fingerprint density at radius 3 is 2.59 bits per heavy atom. The first-order chi connectivity index (χ1) is 14.0. The number of ether oxygens (including phenoxy) is 1. The lowest BCUT2D eigenvalue weighted by molar-refractivity contribution is -0.0504. The summed E-state index contributed by atoms with van der Waals surface area (Å²) in [6, 6.07) is 17.1. The van der Waals surface area contributed by atoms with E-state index < -0.39 is 6.61 Å². The van der Waals surface area contributed by atoms with Crippen molar-refractivity contribution in [1.82, 2.24) is 14.5 Å². The van der Waals surface area contributed by atoms with Crippen molar-refractivity contribution in [3.05, 3.63) is 89.0 Å². The fourth-order valence-electron chi connectivity index (χ4n) is 3.57. The molecule has 4 nitrogen and oxygen atoms in total. The molecule has 148 valence electrons. The van der Waals surface area contributed by atoms with Crippen LogP contribution in [0.2, 0.25) is 0 Å². The first-order valence-electron chi connectivity index (χ1n) is 9.39. The number of alkyl halides is 2. The van der Waals surface area contributed by atoms with Crippen LogP contribution in [0.5, 0.6) is 5.75 Å². The van der Waals surface area contributed by atoms with Crippen molar-refractivity contribution in [2.45, 2.75) is 33.4 Å². The molecule has 0 aliphatic rings. The second-order valence-electron chi connectivity index (χ2n) is 7.04. The molecule has 2 aromatic heterocycles. The zero-order valence-corrected chi connectivity index (χ0v) is 16.3. The molecule has 2 heterocycles. The highest BCUT2D eigenvalue weighted by Gasteiger charge is 2.13. The molecule has 0 amide bonds. The SMILES string of the molecule is Cc1cc(Cc2ccc3c(c2)nc(C)n3Cc2ccccc2OC(F)F)ccn1. The minimum Gasteiger partial charge on any atom is -0.434 e. The van der Waals surface area contributed by atoms with Gasteiger partial charge in [0.1, 0.15) is 11.6 Å². The summed E-state index contributed by atoms with van der Waals surface area (Å²) in [5, 5.41) is 0. The molecule has 0 unspecified atom stereocenters. The third-order valence-electron chi connectivity index (χ3n) is 4.89. The molecular formula is C23H21F2N3O. The Kier molecular flexibility index (Phi) is 5.25. The minimum atomic E-state index is -2.85. The van der Waals surface area contributed by atoms with E-state index in [4.69, 9.17) is 0 Å². The van der Waals surface area contributed by atoms with E-state index in [1.165, 1.54) is 5.56 Å². The van der Waals surface area contributed by atoms with E-state index in [1.54, 1.807) is 18.2 Å². The minimum absolute atomic E-state index is 0.188. The van der Waals surface area contributed by atoms with Gasteiger partial charge in [0.15, 0.2) is 0 Å². The number of para-hydroxylation sites is 1. The van der Waals surface area contributed by atoms with Crippen molar-refractivity contribution in [3.8, 4) is 5.75 Å². The smallest absolute Gasteiger partial charge is 0.387 e. The Bertz CT molecular complexity index is 1150. The second kappa shape index (κ2) is 7.99. The zero-order chi connectivity index (χ0) is 20.4. The van der Waals surface area contributed by atoms with Crippen molar-refractivity contribution in [2.24, 2.45) is 0 Å². The van der Waals surface area contributed by atoms with Crippen molar-refractivity contribution in [1.29, 1.82) is 0 Å². The lowest BCUT2D eigenvalue weighted by Crippen LogP contribution is -2.08. The van der Waals surface area contributed by atoms with Gasteiger partial charge in [0.05, 0.1) is 17.6 Å². The molecule has 0 aliphatic carbocycles. The van der Waals surface area contributed by atoms with Gasteiger partial charge in [-0.25, -0.2) is 4.98 Å². The van der Waals surface area contributed by atoms with Crippen LogP contribution in [0.25, 0.3) is 11.0 Å². The molecule has 0 spiro atoms. The van der Waals surface area contributed by atoms with Gasteiger partial charge in [-0.15, -0.1) is 0 Å². The van der Waals surface area contributed by atoms with Gasteiger partial charge in [-0.2, -0.15) is 8.78 Å². The van der Waals surface area contributed by atoms with Crippen LogP contribution in [0.4, 0.5) is 8.78 Å². The maximum absolute atomic E-state index is 12.7. The molecule has 0 fully saturated rings. The molecule has 0 atom stereocenters.